The van der Waals surface area contributed by atoms with Crippen molar-refractivity contribution in [3.8, 4) is 0 Å². The van der Waals surface area contributed by atoms with Gasteiger partial charge in [0.05, 0.1) is 17.5 Å². The van der Waals surface area contributed by atoms with Gasteiger partial charge in [0.1, 0.15) is 0 Å². The summed E-state index contributed by atoms with van der Waals surface area (Å²) in [6, 6.07) is 3.79. The van der Waals surface area contributed by atoms with Gasteiger partial charge in [-0.2, -0.15) is 0 Å². The zero-order chi connectivity index (χ0) is 14.9. The molecular weight excluding hydrogens is 324 g/mol. The molecule has 20 heavy (non-hydrogen) atoms. The topological polar surface area (TPSA) is 86.0 Å². The number of aliphatic carboxylic acids is 1. The van der Waals surface area contributed by atoms with Crippen LogP contribution < -0.4 is 5.69 Å². The number of carboxylic acids is 1. The SMILES string of the molecule is CC(C)(CCc1cc2[nH]c(=O)[nH]c2cc1Br)CC(=O)O. The number of carboxylic acid groups (broad SMARTS) is 1. The third kappa shape index (κ3) is 3.50. The highest BCUT2D eigenvalue weighted by molar-refractivity contribution is 9.10. The molecule has 0 atom stereocenters. The van der Waals surface area contributed by atoms with Crippen LogP contribution in [0.5, 0.6) is 0 Å². The van der Waals surface area contributed by atoms with Crippen molar-refractivity contribution in [2.75, 3.05) is 0 Å². The predicted molar refractivity (Wildman–Crippen MR) is 81.0 cm³/mol. The summed E-state index contributed by atoms with van der Waals surface area (Å²) in [6.07, 6.45) is 1.66. The maximum atomic E-state index is 11.3. The lowest BCUT2D eigenvalue weighted by Crippen LogP contribution is -2.17. The average Bonchev–Trinajstić information content (AvgIpc) is 2.63. The molecular formula is C14H17BrN2O3. The summed E-state index contributed by atoms with van der Waals surface area (Å²) in [5, 5.41) is 8.89. The van der Waals surface area contributed by atoms with E-state index in [-0.39, 0.29) is 17.5 Å². The first kappa shape index (κ1) is 14.8. The Balaban J connectivity index is 2.19. The molecule has 1 heterocycles. The fourth-order valence-electron chi connectivity index (χ4n) is 2.26. The van der Waals surface area contributed by atoms with Gasteiger partial charge in [0.2, 0.25) is 0 Å². The van der Waals surface area contributed by atoms with Crippen molar-refractivity contribution >= 4 is 32.9 Å². The van der Waals surface area contributed by atoms with Gasteiger partial charge in [-0.15, -0.1) is 0 Å². The van der Waals surface area contributed by atoms with Crippen molar-refractivity contribution in [3.63, 3.8) is 0 Å². The number of aromatic amines is 2. The van der Waals surface area contributed by atoms with E-state index in [9.17, 15) is 9.59 Å². The summed E-state index contributed by atoms with van der Waals surface area (Å²) in [5.41, 5.74) is 2.10. The molecule has 0 aliphatic carbocycles. The molecule has 5 nitrogen and oxygen atoms in total. The highest BCUT2D eigenvalue weighted by atomic mass is 79.9. The first-order valence-electron chi connectivity index (χ1n) is 6.39. The van der Waals surface area contributed by atoms with Crippen molar-refractivity contribution in [1.82, 2.24) is 9.97 Å². The standard InChI is InChI=1S/C14H17BrN2O3/c1-14(2,7-12(18)19)4-3-8-5-10-11(6-9(8)15)17-13(20)16-10/h5-6H,3-4,7H2,1-2H3,(H,18,19)(H2,16,17,20). The van der Waals surface area contributed by atoms with E-state index in [2.05, 4.69) is 25.9 Å². The Morgan fingerprint density at radius 3 is 2.50 bits per heavy atom. The molecule has 0 spiro atoms. The van der Waals surface area contributed by atoms with Gasteiger partial charge in [-0.25, -0.2) is 4.79 Å². The summed E-state index contributed by atoms with van der Waals surface area (Å²) in [4.78, 5) is 27.5. The van der Waals surface area contributed by atoms with Crippen LogP contribution in [-0.4, -0.2) is 21.0 Å². The molecule has 2 rings (SSSR count). The van der Waals surface area contributed by atoms with E-state index in [4.69, 9.17) is 5.11 Å². The molecule has 0 bridgehead atoms. The molecule has 0 saturated carbocycles. The fraction of sp³-hybridized carbons (Fsp3) is 0.429. The number of fused-ring (bicyclic) bond motifs is 1. The Kier molecular flexibility index (Phi) is 4.04. The highest BCUT2D eigenvalue weighted by Crippen LogP contribution is 2.30. The second-order valence-corrected chi connectivity index (χ2v) is 6.66. The monoisotopic (exact) mass is 340 g/mol. The molecule has 0 aliphatic heterocycles. The molecule has 6 heteroatoms. The van der Waals surface area contributed by atoms with E-state index in [1.54, 1.807) is 0 Å². The number of H-pyrrole nitrogens is 2. The molecule has 0 fully saturated rings. The number of carbonyl (C=O) groups is 1. The van der Waals surface area contributed by atoms with Crippen LogP contribution >= 0.6 is 15.9 Å². The van der Waals surface area contributed by atoms with Crippen molar-refractivity contribution in [2.24, 2.45) is 5.41 Å². The van der Waals surface area contributed by atoms with Crippen molar-refractivity contribution in [2.45, 2.75) is 33.1 Å². The zero-order valence-electron chi connectivity index (χ0n) is 11.4. The van der Waals surface area contributed by atoms with Crippen LogP contribution in [0.1, 0.15) is 32.3 Å². The van der Waals surface area contributed by atoms with Crippen LogP contribution in [0.4, 0.5) is 0 Å². The number of hydrogen-bond donors (Lipinski definition) is 3. The second-order valence-electron chi connectivity index (χ2n) is 5.80. The minimum absolute atomic E-state index is 0.147. The van der Waals surface area contributed by atoms with Crippen LogP contribution in [0.3, 0.4) is 0 Å². The number of aryl methyl sites for hydroxylation is 1. The molecule has 0 radical (unpaired) electrons. The Labute approximate surface area is 124 Å². The summed E-state index contributed by atoms with van der Waals surface area (Å²) >= 11 is 3.49. The van der Waals surface area contributed by atoms with Gasteiger partial charge in [0.25, 0.3) is 0 Å². The maximum absolute atomic E-state index is 11.3. The fourth-order valence-corrected chi connectivity index (χ4v) is 2.80. The Bertz CT molecular complexity index is 700. The minimum Gasteiger partial charge on any atom is -0.481 e. The lowest BCUT2D eigenvalue weighted by atomic mass is 9.83. The van der Waals surface area contributed by atoms with E-state index in [1.807, 2.05) is 26.0 Å². The first-order chi connectivity index (χ1) is 9.27. The molecule has 108 valence electrons. The third-order valence-electron chi connectivity index (χ3n) is 3.38. The number of hydrogen-bond acceptors (Lipinski definition) is 2. The summed E-state index contributed by atoms with van der Waals surface area (Å²) in [6.45, 7) is 3.90. The lowest BCUT2D eigenvalue weighted by Gasteiger charge is -2.22. The molecule has 1 aromatic carbocycles. The van der Waals surface area contributed by atoms with Crippen LogP contribution in [0, 0.1) is 5.41 Å². The number of aromatic nitrogens is 2. The first-order valence-corrected chi connectivity index (χ1v) is 7.18. The number of rotatable bonds is 5. The van der Waals surface area contributed by atoms with Gasteiger partial charge in [-0.3, -0.25) is 4.79 Å². The normalized spacial score (nSPS) is 11.9. The third-order valence-corrected chi connectivity index (χ3v) is 4.12. The van der Waals surface area contributed by atoms with E-state index in [1.165, 1.54) is 0 Å². The second kappa shape index (κ2) is 5.44. The summed E-state index contributed by atoms with van der Waals surface area (Å²) < 4.78 is 0.923. The summed E-state index contributed by atoms with van der Waals surface area (Å²) in [7, 11) is 0. The molecule has 3 N–H and O–H groups in total. The highest BCUT2D eigenvalue weighted by Gasteiger charge is 2.22. The Hall–Kier alpha value is -1.56. The van der Waals surface area contributed by atoms with E-state index in [0.717, 1.165) is 33.9 Å². The maximum Gasteiger partial charge on any atom is 0.323 e. The van der Waals surface area contributed by atoms with Gasteiger partial charge in [-0.1, -0.05) is 29.8 Å². The van der Waals surface area contributed by atoms with Gasteiger partial charge >= 0.3 is 11.7 Å². The minimum atomic E-state index is -0.778. The number of benzene rings is 1. The molecule has 0 amide bonds. The summed E-state index contributed by atoms with van der Waals surface area (Å²) in [5.74, 6) is -0.778. The van der Waals surface area contributed by atoms with E-state index < -0.39 is 5.97 Å². The molecule has 0 aliphatic rings. The zero-order valence-corrected chi connectivity index (χ0v) is 13.0. The number of halogens is 1. The average molecular weight is 341 g/mol. The molecule has 1 aromatic heterocycles. The van der Waals surface area contributed by atoms with Crippen LogP contribution in [0.25, 0.3) is 11.0 Å². The Morgan fingerprint density at radius 2 is 1.90 bits per heavy atom. The molecule has 0 saturated heterocycles. The largest absolute Gasteiger partial charge is 0.481 e. The number of nitrogens with one attached hydrogen (secondary N) is 2. The number of imidazole rings is 1. The quantitative estimate of drug-likeness (QED) is 0.781. The van der Waals surface area contributed by atoms with Gasteiger partial charge in [-0.05, 0) is 36.0 Å². The van der Waals surface area contributed by atoms with Crippen LogP contribution in [0.2, 0.25) is 0 Å². The lowest BCUT2D eigenvalue weighted by molar-refractivity contribution is -0.139. The Morgan fingerprint density at radius 1 is 1.30 bits per heavy atom. The van der Waals surface area contributed by atoms with Gasteiger partial charge in [0, 0.05) is 4.47 Å². The smallest absolute Gasteiger partial charge is 0.323 e. The van der Waals surface area contributed by atoms with Crippen LogP contribution in [-0.2, 0) is 11.2 Å². The van der Waals surface area contributed by atoms with Gasteiger partial charge in [0.15, 0.2) is 0 Å². The van der Waals surface area contributed by atoms with Crippen LogP contribution in [0.15, 0.2) is 21.4 Å². The van der Waals surface area contributed by atoms with Crippen molar-refractivity contribution in [1.29, 1.82) is 0 Å². The van der Waals surface area contributed by atoms with E-state index in [0.29, 0.717) is 0 Å². The van der Waals surface area contributed by atoms with Crippen molar-refractivity contribution < 1.29 is 9.90 Å². The predicted octanol–water partition coefficient (Wildman–Crippen LogP) is 3.05. The molecule has 2 aromatic rings. The van der Waals surface area contributed by atoms with Crippen molar-refractivity contribution in [3.05, 3.63) is 32.7 Å². The van der Waals surface area contributed by atoms with Gasteiger partial charge < -0.3 is 15.1 Å². The van der Waals surface area contributed by atoms with E-state index >= 15 is 0 Å². The molecule has 0 unspecified atom stereocenters.